The quantitative estimate of drug-likeness (QED) is 0.359. The first-order valence-corrected chi connectivity index (χ1v) is 13.3. The van der Waals surface area contributed by atoms with E-state index in [0.29, 0.717) is 30.3 Å². The van der Waals surface area contributed by atoms with Crippen molar-refractivity contribution in [1.82, 2.24) is 19.9 Å². The first kappa shape index (κ1) is 24.0. The lowest BCUT2D eigenvalue weighted by Crippen LogP contribution is -2.43. The third-order valence-electron chi connectivity index (χ3n) is 5.88. The maximum absolute atomic E-state index is 12.6. The van der Waals surface area contributed by atoms with Gasteiger partial charge in [-0.05, 0) is 67.3 Å². The Balaban J connectivity index is 1.20. The zero-order valence-corrected chi connectivity index (χ0v) is 20.2. The molecular formula is C24H31ClN4O3S. The number of ether oxygens (including phenoxy) is 1. The molecule has 7 nitrogen and oxygen atoms in total. The van der Waals surface area contributed by atoms with Gasteiger partial charge in [0, 0.05) is 61.4 Å². The Morgan fingerprint density at radius 3 is 2.64 bits per heavy atom. The fraction of sp³-hybridized carbons (Fsp3) is 0.417. The number of rotatable bonds is 11. The lowest BCUT2D eigenvalue weighted by Gasteiger charge is -2.26. The number of sulfonamides is 1. The van der Waals surface area contributed by atoms with Crippen LogP contribution >= 0.6 is 11.6 Å². The number of nitrogens with zero attached hydrogens (tertiary/aromatic N) is 1. The topological polar surface area (TPSA) is 86.5 Å². The van der Waals surface area contributed by atoms with E-state index in [0.717, 1.165) is 62.0 Å². The molecule has 1 fully saturated rings. The molecule has 0 spiro atoms. The summed E-state index contributed by atoms with van der Waals surface area (Å²) < 4.78 is 33.7. The van der Waals surface area contributed by atoms with Gasteiger partial charge in [0.1, 0.15) is 5.75 Å². The third kappa shape index (κ3) is 6.71. The van der Waals surface area contributed by atoms with Crippen molar-refractivity contribution in [2.75, 3.05) is 45.9 Å². The molecule has 178 valence electrons. The van der Waals surface area contributed by atoms with Crippen molar-refractivity contribution in [3.05, 3.63) is 59.2 Å². The van der Waals surface area contributed by atoms with Crippen LogP contribution in [0.4, 0.5) is 0 Å². The number of aryl methyl sites for hydroxylation is 1. The van der Waals surface area contributed by atoms with Gasteiger partial charge in [-0.1, -0.05) is 11.6 Å². The van der Waals surface area contributed by atoms with Gasteiger partial charge in [0.25, 0.3) is 0 Å². The summed E-state index contributed by atoms with van der Waals surface area (Å²) >= 11 is 6.10. The van der Waals surface area contributed by atoms with E-state index in [1.54, 1.807) is 24.3 Å². The zero-order valence-electron chi connectivity index (χ0n) is 18.6. The number of H-pyrrole nitrogens is 1. The van der Waals surface area contributed by atoms with Gasteiger partial charge < -0.3 is 19.9 Å². The molecule has 1 aliphatic heterocycles. The highest BCUT2D eigenvalue weighted by Gasteiger charge is 2.14. The molecule has 0 saturated carbocycles. The van der Waals surface area contributed by atoms with Crippen LogP contribution in [0.2, 0.25) is 5.02 Å². The number of halogens is 1. The van der Waals surface area contributed by atoms with Crippen molar-refractivity contribution in [1.29, 1.82) is 0 Å². The van der Waals surface area contributed by atoms with Gasteiger partial charge in [-0.2, -0.15) is 0 Å². The molecule has 0 bridgehead atoms. The minimum Gasteiger partial charge on any atom is -0.494 e. The summed E-state index contributed by atoms with van der Waals surface area (Å²) in [5.74, 6) is 0.687. The van der Waals surface area contributed by atoms with E-state index < -0.39 is 10.0 Å². The number of fused-ring (bicyclic) bond motifs is 1. The second kappa shape index (κ2) is 11.4. The number of nitrogens with one attached hydrogen (secondary N) is 3. The minimum atomic E-state index is -3.55. The van der Waals surface area contributed by atoms with Crippen molar-refractivity contribution in [2.45, 2.75) is 24.2 Å². The van der Waals surface area contributed by atoms with Gasteiger partial charge in [-0.3, -0.25) is 0 Å². The van der Waals surface area contributed by atoms with Crippen molar-refractivity contribution in [3.63, 3.8) is 0 Å². The SMILES string of the molecule is O=S(=O)(NCCCc1c[nH]c2ccc(Cl)cc12)c1ccc(OCCCN2CCNCC2)cc1. The van der Waals surface area contributed by atoms with Crippen LogP contribution < -0.4 is 14.8 Å². The first-order chi connectivity index (χ1) is 16.0. The molecule has 33 heavy (non-hydrogen) atoms. The lowest BCUT2D eigenvalue weighted by molar-refractivity contribution is 0.214. The lowest BCUT2D eigenvalue weighted by atomic mass is 10.1. The number of aromatic nitrogens is 1. The average molecular weight is 491 g/mol. The summed E-state index contributed by atoms with van der Waals surface area (Å²) in [7, 11) is -3.55. The van der Waals surface area contributed by atoms with E-state index in [4.69, 9.17) is 16.3 Å². The fourth-order valence-electron chi connectivity index (χ4n) is 4.05. The number of hydrogen-bond acceptors (Lipinski definition) is 5. The molecular weight excluding hydrogens is 460 g/mol. The molecule has 3 N–H and O–H groups in total. The predicted molar refractivity (Wildman–Crippen MR) is 133 cm³/mol. The largest absolute Gasteiger partial charge is 0.494 e. The summed E-state index contributed by atoms with van der Waals surface area (Å²) in [5.41, 5.74) is 2.16. The molecule has 1 saturated heterocycles. The van der Waals surface area contributed by atoms with Crippen LogP contribution in [-0.2, 0) is 16.4 Å². The van der Waals surface area contributed by atoms with Crippen LogP contribution in [0, 0.1) is 0 Å². The van der Waals surface area contributed by atoms with E-state index in [2.05, 4.69) is 19.9 Å². The van der Waals surface area contributed by atoms with Gasteiger partial charge in [0.05, 0.1) is 11.5 Å². The van der Waals surface area contributed by atoms with Crippen LogP contribution in [-0.4, -0.2) is 64.2 Å². The van der Waals surface area contributed by atoms with E-state index in [1.165, 1.54) is 0 Å². The normalized spacial score (nSPS) is 15.2. The molecule has 1 aliphatic rings. The number of piperazine rings is 1. The van der Waals surface area contributed by atoms with Crippen molar-refractivity contribution in [3.8, 4) is 5.75 Å². The van der Waals surface area contributed by atoms with Crippen molar-refractivity contribution < 1.29 is 13.2 Å². The van der Waals surface area contributed by atoms with Gasteiger partial charge in [0.15, 0.2) is 0 Å². The molecule has 0 radical (unpaired) electrons. The Bertz CT molecular complexity index is 1140. The van der Waals surface area contributed by atoms with Crippen LogP contribution in [0.5, 0.6) is 5.75 Å². The van der Waals surface area contributed by atoms with Crippen molar-refractivity contribution >= 4 is 32.5 Å². The Kier molecular flexibility index (Phi) is 8.27. The number of hydrogen-bond donors (Lipinski definition) is 3. The summed E-state index contributed by atoms with van der Waals surface area (Å²) in [4.78, 5) is 5.89. The summed E-state index contributed by atoms with van der Waals surface area (Å²) in [5, 5.41) is 5.11. The number of aromatic amines is 1. The summed E-state index contributed by atoms with van der Waals surface area (Å²) in [6.07, 6.45) is 4.35. The van der Waals surface area contributed by atoms with Crippen LogP contribution in [0.15, 0.2) is 53.6 Å². The van der Waals surface area contributed by atoms with E-state index >= 15 is 0 Å². The molecule has 0 amide bonds. The summed E-state index contributed by atoms with van der Waals surface area (Å²) in [6.45, 7) is 6.24. The Labute approximate surface area is 200 Å². The third-order valence-corrected chi connectivity index (χ3v) is 7.59. The Morgan fingerprint density at radius 2 is 1.85 bits per heavy atom. The van der Waals surface area contributed by atoms with E-state index in [9.17, 15) is 8.42 Å². The molecule has 0 aliphatic carbocycles. The van der Waals surface area contributed by atoms with Crippen LogP contribution in [0.25, 0.3) is 10.9 Å². The zero-order chi connectivity index (χ0) is 23.1. The van der Waals surface area contributed by atoms with Gasteiger partial charge >= 0.3 is 0 Å². The second-order valence-corrected chi connectivity index (χ2v) is 10.5. The van der Waals surface area contributed by atoms with Crippen LogP contribution in [0.1, 0.15) is 18.4 Å². The molecule has 1 aromatic heterocycles. The highest BCUT2D eigenvalue weighted by Crippen LogP contribution is 2.23. The van der Waals surface area contributed by atoms with Crippen LogP contribution in [0.3, 0.4) is 0 Å². The number of benzene rings is 2. The summed E-state index contributed by atoms with van der Waals surface area (Å²) in [6, 6.07) is 12.4. The van der Waals surface area contributed by atoms with Crippen molar-refractivity contribution in [2.24, 2.45) is 0 Å². The monoisotopic (exact) mass is 490 g/mol. The average Bonchev–Trinajstić information content (AvgIpc) is 3.22. The smallest absolute Gasteiger partial charge is 0.240 e. The maximum atomic E-state index is 12.6. The Morgan fingerprint density at radius 1 is 1.06 bits per heavy atom. The van der Waals surface area contributed by atoms with E-state index in [-0.39, 0.29) is 4.90 Å². The van der Waals surface area contributed by atoms with Gasteiger partial charge in [-0.15, -0.1) is 0 Å². The highest BCUT2D eigenvalue weighted by molar-refractivity contribution is 7.89. The predicted octanol–water partition coefficient (Wildman–Crippen LogP) is 3.41. The fourth-order valence-corrected chi connectivity index (χ4v) is 5.30. The minimum absolute atomic E-state index is 0.245. The molecule has 0 unspecified atom stereocenters. The molecule has 2 heterocycles. The molecule has 4 rings (SSSR count). The van der Waals surface area contributed by atoms with E-state index in [1.807, 2.05) is 24.4 Å². The first-order valence-electron chi connectivity index (χ1n) is 11.4. The van der Waals surface area contributed by atoms with Gasteiger partial charge in [0.2, 0.25) is 10.0 Å². The van der Waals surface area contributed by atoms with Gasteiger partial charge in [-0.25, -0.2) is 13.1 Å². The Hall–Kier alpha value is -2.10. The second-order valence-electron chi connectivity index (χ2n) is 8.27. The maximum Gasteiger partial charge on any atom is 0.240 e. The molecule has 2 aromatic carbocycles. The molecule has 9 heteroatoms. The standard InChI is InChI=1S/C24H31ClN4O3S/c25-20-4-9-24-23(17-20)19(18-27-24)3-1-10-28-33(30,31)22-7-5-21(6-8-22)32-16-2-13-29-14-11-26-12-15-29/h4-9,17-18,26-28H,1-3,10-16H2. The molecule has 0 atom stereocenters. The highest BCUT2D eigenvalue weighted by atomic mass is 35.5. The molecule has 3 aromatic rings.